The Morgan fingerprint density at radius 2 is 1.21 bits per heavy atom. The summed E-state index contributed by atoms with van der Waals surface area (Å²) in [6, 6.07) is 0. The van der Waals surface area contributed by atoms with Crippen LogP contribution in [0.2, 0.25) is 0 Å². The highest BCUT2D eigenvalue weighted by molar-refractivity contribution is 4.70. The summed E-state index contributed by atoms with van der Waals surface area (Å²) in [5.74, 6) is 3.63. The van der Waals surface area contributed by atoms with E-state index in [-0.39, 0.29) is 0 Å². The van der Waals surface area contributed by atoms with Gasteiger partial charge in [0, 0.05) is 0 Å². The van der Waals surface area contributed by atoms with Gasteiger partial charge in [0.2, 0.25) is 0 Å². The lowest BCUT2D eigenvalue weighted by molar-refractivity contribution is 0.226. The highest BCUT2D eigenvalue weighted by atomic mass is 14.3. The Balaban J connectivity index is 3.98. The van der Waals surface area contributed by atoms with E-state index in [1.807, 2.05) is 0 Å². The van der Waals surface area contributed by atoms with Crippen LogP contribution in [0, 0.1) is 23.7 Å². The first-order chi connectivity index (χ1) is 6.56. The van der Waals surface area contributed by atoms with Crippen LogP contribution >= 0.6 is 0 Å². The zero-order valence-electron chi connectivity index (χ0n) is 11.1. The second-order valence-electron chi connectivity index (χ2n) is 5.14. The van der Waals surface area contributed by atoms with E-state index in [1.165, 1.54) is 25.7 Å². The van der Waals surface area contributed by atoms with Gasteiger partial charge in [0.05, 0.1) is 0 Å². The van der Waals surface area contributed by atoms with E-state index in [0.717, 1.165) is 23.7 Å². The molecular weight excluding hydrogens is 168 g/mol. The number of hydrogen-bond donors (Lipinski definition) is 0. The molecule has 0 bridgehead atoms. The van der Waals surface area contributed by atoms with Crippen LogP contribution in [-0.2, 0) is 0 Å². The molecule has 0 aliphatic carbocycles. The van der Waals surface area contributed by atoms with E-state index in [0.29, 0.717) is 0 Å². The zero-order chi connectivity index (χ0) is 11.1. The third-order valence-corrected chi connectivity index (χ3v) is 4.30. The summed E-state index contributed by atoms with van der Waals surface area (Å²) < 4.78 is 0. The van der Waals surface area contributed by atoms with Crippen LogP contribution in [0.3, 0.4) is 0 Å². The van der Waals surface area contributed by atoms with Crippen LogP contribution in [-0.4, -0.2) is 0 Å². The average molecular weight is 198 g/mol. The highest BCUT2D eigenvalue weighted by Gasteiger charge is 2.19. The summed E-state index contributed by atoms with van der Waals surface area (Å²) in [6.45, 7) is 14.2. The largest absolute Gasteiger partial charge is 0.0651 e. The lowest BCUT2D eigenvalue weighted by Gasteiger charge is -2.28. The van der Waals surface area contributed by atoms with Crippen LogP contribution in [0.4, 0.5) is 0 Å². The van der Waals surface area contributed by atoms with Gasteiger partial charge in [-0.15, -0.1) is 0 Å². The first-order valence-electron chi connectivity index (χ1n) is 6.56. The average Bonchev–Trinajstić information content (AvgIpc) is 2.23. The fourth-order valence-electron chi connectivity index (χ4n) is 2.30. The van der Waals surface area contributed by atoms with Crippen LogP contribution in [0.25, 0.3) is 0 Å². The Morgan fingerprint density at radius 1 is 0.714 bits per heavy atom. The maximum Gasteiger partial charge on any atom is -0.0391 e. The van der Waals surface area contributed by atoms with E-state index >= 15 is 0 Å². The van der Waals surface area contributed by atoms with Crippen molar-refractivity contribution in [3.05, 3.63) is 0 Å². The molecule has 0 aromatic carbocycles. The molecule has 0 aromatic rings. The van der Waals surface area contributed by atoms with Gasteiger partial charge in [-0.05, 0) is 30.1 Å². The standard InChI is InChI=1S/C14H30/c1-7-11(4)13(6)12(5)10-14(8-2)9-3/h11-14H,7-10H2,1-6H3. The molecule has 0 radical (unpaired) electrons. The van der Waals surface area contributed by atoms with Crippen molar-refractivity contribution in [2.45, 2.75) is 67.2 Å². The Morgan fingerprint density at radius 3 is 1.57 bits per heavy atom. The Kier molecular flexibility index (Phi) is 7.31. The molecule has 0 saturated heterocycles. The monoisotopic (exact) mass is 198 g/mol. The third kappa shape index (κ3) is 4.48. The summed E-state index contributed by atoms with van der Waals surface area (Å²) in [5.41, 5.74) is 0. The Hall–Kier alpha value is 0. The minimum Gasteiger partial charge on any atom is -0.0651 e. The maximum atomic E-state index is 2.44. The van der Waals surface area contributed by atoms with Crippen molar-refractivity contribution in [2.75, 3.05) is 0 Å². The molecule has 0 N–H and O–H groups in total. The second kappa shape index (κ2) is 7.31. The normalized spacial score (nSPS) is 18.2. The molecule has 14 heavy (non-hydrogen) atoms. The van der Waals surface area contributed by atoms with E-state index in [2.05, 4.69) is 41.5 Å². The van der Waals surface area contributed by atoms with Crippen molar-refractivity contribution in [3.63, 3.8) is 0 Å². The summed E-state index contributed by atoms with van der Waals surface area (Å²) in [7, 11) is 0. The van der Waals surface area contributed by atoms with Crippen LogP contribution in [0.15, 0.2) is 0 Å². The molecule has 0 aliphatic heterocycles. The molecule has 3 atom stereocenters. The van der Waals surface area contributed by atoms with Gasteiger partial charge in [0.25, 0.3) is 0 Å². The molecule has 3 unspecified atom stereocenters. The number of rotatable bonds is 7. The molecular formula is C14H30. The lowest BCUT2D eigenvalue weighted by atomic mass is 9.78. The summed E-state index contributed by atoms with van der Waals surface area (Å²) in [4.78, 5) is 0. The molecule has 0 heterocycles. The Labute approximate surface area is 91.5 Å². The van der Waals surface area contributed by atoms with Crippen molar-refractivity contribution in [2.24, 2.45) is 23.7 Å². The molecule has 0 rings (SSSR count). The second-order valence-corrected chi connectivity index (χ2v) is 5.14. The first kappa shape index (κ1) is 14.0. The van der Waals surface area contributed by atoms with Gasteiger partial charge in [0.1, 0.15) is 0 Å². The minimum absolute atomic E-state index is 0.888. The van der Waals surface area contributed by atoms with Gasteiger partial charge in [-0.3, -0.25) is 0 Å². The van der Waals surface area contributed by atoms with E-state index in [4.69, 9.17) is 0 Å². The maximum absolute atomic E-state index is 2.44. The van der Waals surface area contributed by atoms with Crippen molar-refractivity contribution in [3.8, 4) is 0 Å². The molecule has 0 heteroatoms. The van der Waals surface area contributed by atoms with Gasteiger partial charge >= 0.3 is 0 Å². The van der Waals surface area contributed by atoms with Gasteiger partial charge in [-0.25, -0.2) is 0 Å². The predicted octanol–water partition coefficient (Wildman–Crippen LogP) is 5.13. The van der Waals surface area contributed by atoms with Gasteiger partial charge in [-0.2, -0.15) is 0 Å². The topological polar surface area (TPSA) is 0 Å². The van der Waals surface area contributed by atoms with E-state index in [9.17, 15) is 0 Å². The molecule has 0 fully saturated rings. The fourth-order valence-corrected chi connectivity index (χ4v) is 2.30. The van der Waals surface area contributed by atoms with Crippen LogP contribution in [0.1, 0.15) is 67.2 Å². The van der Waals surface area contributed by atoms with Gasteiger partial charge < -0.3 is 0 Å². The van der Waals surface area contributed by atoms with Crippen molar-refractivity contribution in [1.29, 1.82) is 0 Å². The first-order valence-corrected chi connectivity index (χ1v) is 6.56. The molecule has 0 aliphatic rings. The summed E-state index contributed by atoms with van der Waals surface area (Å²) in [6.07, 6.45) is 5.47. The number of hydrogen-bond acceptors (Lipinski definition) is 0. The van der Waals surface area contributed by atoms with Crippen molar-refractivity contribution in [1.82, 2.24) is 0 Å². The molecule has 0 amide bonds. The lowest BCUT2D eigenvalue weighted by Crippen LogP contribution is -2.18. The predicted molar refractivity (Wildman–Crippen MR) is 66.5 cm³/mol. The fraction of sp³-hybridized carbons (Fsp3) is 1.00. The van der Waals surface area contributed by atoms with E-state index < -0.39 is 0 Å². The molecule has 86 valence electrons. The smallest absolute Gasteiger partial charge is 0.0391 e. The summed E-state index contributed by atoms with van der Waals surface area (Å²) in [5, 5.41) is 0. The van der Waals surface area contributed by atoms with Gasteiger partial charge in [-0.1, -0.05) is 60.8 Å². The van der Waals surface area contributed by atoms with Crippen molar-refractivity contribution < 1.29 is 0 Å². The SMILES string of the molecule is CCC(CC)CC(C)C(C)C(C)CC. The Bertz CT molecular complexity index is 124. The quantitative estimate of drug-likeness (QED) is 0.532. The van der Waals surface area contributed by atoms with E-state index in [1.54, 1.807) is 0 Å². The molecule has 0 nitrogen and oxygen atoms in total. The highest BCUT2D eigenvalue weighted by Crippen LogP contribution is 2.29. The zero-order valence-corrected chi connectivity index (χ0v) is 11.1. The van der Waals surface area contributed by atoms with Crippen molar-refractivity contribution >= 4 is 0 Å². The summed E-state index contributed by atoms with van der Waals surface area (Å²) >= 11 is 0. The minimum atomic E-state index is 0.888. The molecule has 0 spiro atoms. The molecule has 0 saturated carbocycles. The third-order valence-electron chi connectivity index (χ3n) is 4.30. The van der Waals surface area contributed by atoms with Crippen LogP contribution < -0.4 is 0 Å². The van der Waals surface area contributed by atoms with Gasteiger partial charge in [0.15, 0.2) is 0 Å². The molecule has 0 aromatic heterocycles. The van der Waals surface area contributed by atoms with Crippen LogP contribution in [0.5, 0.6) is 0 Å².